The number of nitrogens with zero attached hydrogens (tertiary/aromatic N) is 5. The summed E-state index contributed by atoms with van der Waals surface area (Å²) in [6.07, 6.45) is 5.82. The molecule has 0 radical (unpaired) electrons. The lowest BCUT2D eigenvalue weighted by Crippen LogP contribution is -1.92. The van der Waals surface area contributed by atoms with E-state index in [1.807, 2.05) is 60.7 Å². The zero-order chi connectivity index (χ0) is 15.1. The van der Waals surface area contributed by atoms with Gasteiger partial charge in [-0.15, -0.1) is 0 Å². The highest BCUT2D eigenvalue weighted by molar-refractivity contribution is 5.81. The van der Waals surface area contributed by atoms with E-state index >= 15 is 0 Å². The Morgan fingerprint density at radius 1 is 1.05 bits per heavy atom. The van der Waals surface area contributed by atoms with Crippen LogP contribution in [0.5, 0.6) is 0 Å². The third-order valence-electron chi connectivity index (χ3n) is 3.71. The van der Waals surface area contributed by atoms with Gasteiger partial charge in [0.1, 0.15) is 0 Å². The summed E-state index contributed by atoms with van der Waals surface area (Å²) in [5.41, 5.74) is 4.85. The smallest absolute Gasteiger partial charge is 0.181 e. The summed E-state index contributed by atoms with van der Waals surface area (Å²) in [5, 5.41) is 9.92. The van der Waals surface area contributed by atoms with Crippen molar-refractivity contribution in [2.45, 2.75) is 6.92 Å². The average molecular weight is 289 g/mol. The van der Waals surface area contributed by atoms with E-state index in [2.05, 4.69) is 28.2 Å². The van der Waals surface area contributed by atoms with Gasteiger partial charge in [0, 0.05) is 30.4 Å². The number of rotatable bonds is 2. The van der Waals surface area contributed by atoms with Crippen LogP contribution in [0.2, 0.25) is 0 Å². The van der Waals surface area contributed by atoms with Crippen LogP contribution in [-0.4, -0.2) is 24.5 Å². The fraction of sp³-hybridized carbons (Fsp3) is 0.118. The van der Waals surface area contributed by atoms with Crippen molar-refractivity contribution in [3.8, 4) is 16.9 Å². The molecule has 1 aromatic carbocycles. The lowest BCUT2D eigenvalue weighted by Gasteiger charge is -2.01. The highest BCUT2D eigenvalue weighted by atomic mass is 15.3. The molecule has 5 heteroatoms. The molecule has 0 aliphatic heterocycles. The van der Waals surface area contributed by atoms with E-state index in [1.165, 1.54) is 5.56 Å². The van der Waals surface area contributed by atoms with Crippen LogP contribution in [0.3, 0.4) is 0 Å². The molecule has 0 N–H and O–H groups in total. The maximum atomic E-state index is 4.65. The Morgan fingerprint density at radius 2 is 1.86 bits per heavy atom. The van der Waals surface area contributed by atoms with Gasteiger partial charge in [-0.05, 0) is 30.7 Å². The molecule has 108 valence electrons. The fourth-order valence-electron chi connectivity index (χ4n) is 2.59. The lowest BCUT2D eigenvalue weighted by molar-refractivity contribution is 0.776. The normalized spacial score (nSPS) is 11.2. The Balaban J connectivity index is 1.81. The topological polar surface area (TPSA) is 48.5 Å². The first kappa shape index (κ1) is 12.8. The monoisotopic (exact) mass is 289 g/mol. The third-order valence-corrected chi connectivity index (χ3v) is 3.71. The molecule has 0 unspecified atom stereocenters. The van der Waals surface area contributed by atoms with Gasteiger partial charge >= 0.3 is 0 Å². The predicted octanol–water partition coefficient (Wildman–Crippen LogP) is 3.13. The maximum Gasteiger partial charge on any atom is 0.181 e. The van der Waals surface area contributed by atoms with Gasteiger partial charge in [-0.25, -0.2) is 9.67 Å². The third kappa shape index (κ3) is 2.07. The molecule has 4 rings (SSSR count). The number of hydrogen-bond acceptors (Lipinski definition) is 3. The van der Waals surface area contributed by atoms with Gasteiger partial charge in [-0.2, -0.15) is 10.2 Å². The van der Waals surface area contributed by atoms with Crippen molar-refractivity contribution in [2.24, 2.45) is 7.05 Å². The van der Waals surface area contributed by atoms with Gasteiger partial charge in [0.15, 0.2) is 5.65 Å². The number of benzene rings is 1. The Morgan fingerprint density at radius 3 is 2.68 bits per heavy atom. The fourth-order valence-corrected chi connectivity index (χ4v) is 2.59. The Bertz CT molecular complexity index is 950. The van der Waals surface area contributed by atoms with E-state index in [1.54, 1.807) is 4.68 Å². The van der Waals surface area contributed by atoms with Crippen molar-refractivity contribution in [3.05, 3.63) is 60.6 Å². The Hall–Kier alpha value is -2.95. The van der Waals surface area contributed by atoms with Crippen LogP contribution in [0.1, 0.15) is 5.56 Å². The van der Waals surface area contributed by atoms with Crippen molar-refractivity contribution < 1.29 is 0 Å². The molecule has 0 saturated heterocycles. The average Bonchev–Trinajstić information content (AvgIpc) is 3.14. The van der Waals surface area contributed by atoms with E-state index in [9.17, 15) is 0 Å². The maximum absolute atomic E-state index is 4.65. The quantitative estimate of drug-likeness (QED) is 0.569. The molecule has 0 bridgehead atoms. The summed E-state index contributed by atoms with van der Waals surface area (Å²) >= 11 is 0. The second-order valence-corrected chi connectivity index (χ2v) is 5.37. The number of hydrogen-bond donors (Lipinski definition) is 0. The molecular formula is C17H15N5. The number of aryl methyl sites for hydroxylation is 2. The van der Waals surface area contributed by atoms with Gasteiger partial charge in [0.05, 0.1) is 17.6 Å². The molecule has 0 spiro atoms. The minimum atomic E-state index is 0.768. The molecular weight excluding hydrogens is 274 g/mol. The zero-order valence-corrected chi connectivity index (χ0v) is 12.4. The molecule has 0 aliphatic carbocycles. The second-order valence-electron chi connectivity index (χ2n) is 5.37. The molecule has 22 heavy (non-hydrogen) atoms. The highest BCUT2D eigenvalue weighted by Gasteiger charge is 2.10. The van der Waals surface area contributed by atoms with Crippen molar-refractivity contribution in [1.82, 2.24) is 24.5 Å². The number of aromatic nitrogens is 5. The summed E-state index contributed by atoms with van der Waals surface area (Å²) in [6, 6.07) is 12.1. The molecule has 4 aromatic rings. The van der Waals surface area contributed by atoms with Crippen molar-refractivity contribution in [2.75, 3.05) is 0 Å². The number of para-hydroxylation sites is 1. The molecule has 0 fully saturated rings. The molecule has 3 heterocycles. The molecule has 0 atom stereocenters. The molecule has 0 aliphatic rings. The van der Waals surface area contributed by atoms with Gasteiger partial charge in [0.2, 0.25) is 0 Å². The van der Waals surface area contributed by atoms with Crippen LogP contribution < -0.4 is 0 Å². The first-order valence-electron chi connectivity index (χ1n) is 7.12. The summed E-state index contributed by atoms with van der Waals surface area (Å²) in [4.78, 5) is 4.65. The molecule has 5 nitrogen and oxygen atoms in total. The van der Waals surface area contributed by atoms with Gasteiger partial charge in [-0.1, -0.05) is 18.2 Å². The zero-order valence-electron chi connectivity index (χ0n) is 12.4. The lowest BCUT2D eigenvalue weighted by atomic mass is 10.1. The van der Waals surface area contributed by atoms with Crippen LogP contribution in [-0.2, 0) is 7.05 Å². The highest BCUT2D eigenvalue weighted by Crippen LogP contribution is 2.23. The van der Waals surface area contributed by atoms with Crippen LogP contribution in [0.15, 0.2) is 55.0 Å². The van der Waals surface area contributed by atoms with Gasteiger partial charge in [0.25, 0.3) is 0 Å². The van der Waals surface area contributed by atoms with Gasteiger partial charge in [-0.3, -0.25) is 4.68 Å². The summed E-state index contributed by atoms with van der Waals surface area (Å²) in [5.74, 6) is 0. The standard InChI is InChI=1S/C17H15N5/c1-12-8-16(19-17-15(12)11-21(2)20-17)13-9-18-22(10-13)14-6-4-3-5-7-14/h3-11H,1-2H3. The summed E-state index contributed by atoms with van der Waals surface area (Å²) < 4.78 is 3.65. The van der Waals surface area contributed by atoms with Crippen LogP contribution in [0, 0.1) is 6.92 Å². The SMILES string of the molecule is Cc1cc(-c2cnn(-c3ccccc3)c2)nc2nn(C)cc12. The second kappa shape index (κ2) is 4.80. The molecule has 0 saturated carbocycles. The predicted molar refractivity (Wildman–Crippen MR) is 85.8 cm³/mol. The largest absolute Gasteiger partial charge is 0.273 e. The van der Waals surface area contributed by atoms with Crippen LogP contribution in [0.4, 0.5) is 0 Å². The summed E-state index contributed by atoms with van der Waals surface area (Å²) in [6.45, 7) is 2.08. The first-order chi connectivity index (χ1) is 10.7. The van der Waals surface area contributed by atoms with E-state index < -0.39 is 0 Å². The van der Waals surface area contributed by atoms with Crippen LogP contribution >= 0.6 is 0 Å². The Labute approximate surface area is 127 Å². The molecule has 0 amide bonds. The first-order valence-corrected chi connectivity index (χ1v) is 7.12. The summed E-state index contributed by atoms with van der Waals surface area (Å²) in [7, 11) is 1.91. The van der Waals surface area contributed by atoms with Crippen LogP contribution in [0.25, 0.3) is 28.0 Å². The van der Waals surface area contributed by atoms with Crippen molar-refractivity contribution in [1.29, 1.82) is 0 Å². The minimum Gasteiger partial charge on any atom is -0.273 e. The number of pyridine rings is 1. The minimum absolute atomic E-state index is 0.768. The van der Waals surface area contributed by atoms with E-state index in [0.29, 0.717) is 0 Å². The molecule has 3 aromatic heterocycles. The Kier molecular flexibility index (Phi) is 2.79. The van der Waals surface area contributed by atoms with Gasteiger partial charge < -0.3 is 0 Å². The van der Waals surface area contributed by atoms with Crippen molar-refractivity contribution >= 4 is 11.0 Å². The van der Waals surface area contributed by atoms with E-state index in [4.69, 9.17) is 0 Å². The van der Waals surface area contributed by atoms with E-state index in [-0.39, 0.29) is 0 Å². The van der Waals surface area contributed by atoms with Crippen molar-refractivity contribution in [3.63, 3.8) is 0 Å². The van der Waals surface area contributed by atoms with E-state index in [0.717, 1.165) is 28.0 Å². The number of fused-ring (bicyclic) bond motifs is 1.